The maximum atomic E-state index is 15.2. The lowest BCUT2D eigenvalue weighted by atomic mass is 9.86. The number of benzene rings is 1. The molecule has 2 aromatic heterocycles. The van der Waals surface area contributed by atoms with Gasteiger partial charge in [0, 0.05) is 41.5 Å². The van der Waals surface area contributed by atoms with Gasteiger partial charge in [-0.05, 0) is 62.1 Å². The third-order valence-corrected chi connectivity index (χ3v) is 7.15. The number of nitrogens with one attached hydrogen (secondary N) is 1. The molecule has 1 aromatic carbocycles. The predicted octanol–water partition coefficient (Wildman–Crippen LogP) is 4.91. The van der Waals surface area contributed by atoms with E-state index in [1.165, 1.54) is 12.3 Å². The maximum Gasteiger partial charge on any atom is 0.573 e. The summed E-state index contributed by atoms with van der Waals surface area (Å²) in [4.78, 5) is 22.2. The number of nitrogen functional groups attached to an aromatic ring is 1. The molecule has 8 nitrogen and oxygen atoms in total. The van der Waals surface area contributed by atoms with E-state index in [4.69, 9.17) is 5.73 Å². The van der Waals surface area contributed by atoms with Crippen LogP contribution in [-0.2, 0) is 12.8 Å². The second-order valence-electron chi connectivity index (χ2n) is 9.36. The lowest BCUT2D eigenvalue weighted by Crippen LogP contribution is -2.38. The van der Waals surface area contributed by atoms with E-state index >= 15 is 4.39 Å². The number of nitrogens with two attached hydrogens (primary N) is 1. The third kappa shape index (κ3) is 4.92. The van der Waals surface area contributed by atoms with Crippen LogP contribution in [0.5, 0.6) is 5.75 Å². The van der Waals surface area contributed by atoms with Crippen molar-refractivity contribution in [3.05, 3.63) is 52.6 Å². The zero-order valence-corrected chi connectivity index (χ0v) is 19.7. The number of anilines is 1. The highest BCUT2D eigenvalue weighted by Crippen LogP contribution is 2.39. The second-order valence-corrected chi connectivity index (χ2v) is 9.36. The number of pyridine rings is 1. The zero-order valence-electron chi connectivity index (χ0n) is 19.7. The fraction of sp³-hybridized carbons (Fsp3) is 0.400. The van der Waals surface area contributed by atoms with Gasteiger partial charge in [0.2, 0.25) is 0 Å². The van der Waals surface area contributed by atoms with Gasteiger partial charge in [0.1, 0.15) is 17.2 Å². The van der Waals surface area contributed by atoms with Crippen LogP contribution in [0, 0.1) is 5.82 Å². The largest absolute Gasteiger partial charge is 0.573 e. The summed E-state index contributed by atoms with van der Waals surface area (Å²) in [7, 11) is 0. The number of H-pyrrole nitrogens is 1. The van der Waals surface area contributed by atoms with E-state index in [2.05, 4.69) is 19.9 Å². The number of piperidine rings is 1. The summed E-state index contributed by atoms with van der Waals surface area (Å²) in [5, 5.41) is 13.3. The number of carbonyl (C=O) groups is 1. The van der Waals surface area contributed by atoms with Crippen LogP contribution in [-0.4, -0.2) is 51.1 Å². The molecule has 0 radical (unpaired) electrons. The topological polar surface area (TPSA) is 117 Å². The molecular weight excluding hydrogens is 494 g/mol. The summed E-state index contributed by atoms with van der Waals surface area (Å²) < 4.78 is 56.5. The van der Waals surface area contributed by atoms with Crippen molar-refractivity contribution in [1.29, 1.82) is 0 Å². The van der Waals surface area contributed by atoms with Gasteiger partial charge in [0.15, 0.2) is 0 Å². The quantitative estimate of drug-likeness (QED) is 0.149. The van der Waals surface area contributed by atoms with E-state index in [1.54, 1.807) is 4.90 Å². The first-order chi connectivity index (χ1) is 17.6. The average molecular weight is 519 g/mol. The van der Waals surface area contributed by atoms with Crippen LogP contribution < -0.4 is 10.5 Å². The number of halogens is 4. The lowest BCUT2D eigenvalue weighted by molar-refractivity contribution is -0.274. The Bertz CT molecular complexity index is 1380. The number of nitrogens with zero attached hydrogens (tertiary/aromatic N) is 3. The number of likely N-dealkylation sites (tertiary alicyclic amines) is 1. The highest BCUT2D eigenvalue weighted by molar-refractivity contribution is 5.99. The van der Waals surface area contributed by atoms with Crippen molar-refractivity contribution in [2.24, 2.45) is 5.16 Å². The number of oxime groups is 1. The molecular formula is C25H25F4N5O3. The Kier molecular flexibility index (Phi) is 6.42. The van der Waals surface area contributed by atoms with Crippen molar-refractivity contribution in [3.8, 4) is 5.75 Å². The normalized spacial score (nSPS) is 18.2. The molecule has 0 unspecified atom stereocenters. The van der Waals surface area contributed by atoms with Gasteiger partial charge in [-0.2, -0.15) is 0 Å². The molecule has 5 rings (SSSR count). The number of fused-ring (bicyclic) bond motifs is 3. The standard InChI is InChI=1S/C25H25F4N5O3/c26-18-12-31-23-22(17-4-1-14(33-36)2-6-20(17)32-23)21(18)13-7-9-34(10-8-13)24(35)16-5-3-15(11-19(16)30)37-25(27,28)29/h3,5,11-13,36H,1-2,4,6-10,30H2,(H,31,32)/b33-14-. The summed E-state index contributed by atoms with van der Waals surface area (Å²) >= 11 is 0. The molecule has 0 atom stereocenters. The van der Waals surface area contributed by atoms with E-state index in [0.29, 0.717) is 68.5 Å². The van der Waals surface area contributed by atoms with Crippen LogP contribution >= 0.6 is 0 Å². The minimum absolute atomic E-state index is 0.0859. The van der Waals surface area contributed by atoms with Crippen LogP contribution in [0.25, 0.3) is 11.0 Å². The van der Waals surface area contributed by atoms with Gasteiger partial charge >= 0.3 is 6.36 Å². The molecule has 0 saturated carbocycles. The van der Waals surface area contributed by atoms with E-state index < -0.39 is 23.8 Å². The molecule has 4 N–H and O–H groups in total. The van der Waals surface area contributed by atoms with Gasteiger partial charge < -0.3 is 25.6 Å². The van der Waals surface area contributed by atoms with Gasteiger partial charge in [-0.15, -0.1) is 13.2 Å². The highest BCUT2D eigenvalue weighted by Gasteiger charge is 2.33. The molecule has 1 fully saturated rings. The van der Waals surface area contributed by atoms with Crippen molar-refractivity contribution in [2.75, 3.05) is 18.8 Å². The number of carbonyl (C=O) groups excluding carboxylic acids is 1. The van der Waals surface area contributed by atoms with Crippen molar-refractivity contribution in [1.82, 2.24) is 14.9 Å². The summed E-state index contributed by atoms with van der Waals surface area (Å²) in [5.41, 5.74) is 9.68. The number of hydrogen-bond donors (Lipinski definition) is 3. The van der Waals surface area contributed by atoms with Crippen molar-refractivity contribution in [3.63, 3.8) is 0 Å². The molecule has 2 aliphatic rings. The van der Waals surface area contributed by atoms with E-state index in [0.717, 1.165) is 28.8 Å². The number of aromatic amines is 1. The summed E-state index contributed by atoms with van der Waals surface area (Å²) in [6, 6.07) is 3.24. The fourth-order valence-corrected chi connectivity index (χ4v) is 5.40. The minimum Gasteiger partial charge on any atom is -0.411 e. The molecule has 0 spiro atoms. The van der Waals surface area contributed by atoms with Crippen LogP contribution in [0.1, 0.15) is 58.8 Å². The average Bonchev–Trinajstić information content (AvgIpc) is 3.07. The number of aryl methyl sites for hydroxylation is 2. The van der Waals surface area contributed by atoms with Gasteiger partial charge in [0.25, 0.3) is 5.91 Å². The summed E-state index contributed by atoms with van der Waals surface area (Å²) in [6.07, 6.45) is -0.197. The number of aromatic nitrogens is 2. The molecule has 1 amide bonds. The smallest absolute Gasteiger partial charge is 0.411 e. The Hall–Kier alpha value is -3.83. The van der Waals surface area contributed by atoms with E-state index in [9.17, 15) is 23.2 Å². The maximum absolute atomic E-state index is 15.2. The minimum atomic E-state index is -4.86. The first-order valence-corrected chi connectivity index (χ1v) is 12.0. The van der Waals surface area contributed by atoms with Gasteiger partial charge in [-0.25, -0.2) is 9.37 Å². The Morgan fingerprint density at radius 2 is 1.92 bits per heavy atom. The molecule has 37 heavy (non-hydrogen) atoms. The SMILES string of the molecule is Nc1cc(OC(F)(F)F)ccc1C(=O)N1CCC(c2c(F)cnc3[nH]c4c(c23)CC/C(=N/O)CC4)CC1. The molecule has 12 heteroatoms. The molecule has 1 saturated heterocycles. The monoisotopic (exact) mass is 519 g/mol. The zero-order chi connectivity index (χ0) is 26.3. The third-order valence-electron chi connectivity index (χ3n) is 7.15. The van der Waals surface area contributed by atoms with Gasteiger partial charge in [-0.3, -0.25) is 4.79 Å². The second kappa shape index (κ2) is 9.56. The van der Waals surface area contributed by atoms with Crippen LogP contribution in [0.15, 0.2) is 29.6 Å². The molecule has 1 aliphatic carbocycles. The van der Waals surface area contributed by atoms with Crippen molar-refractivity contribution in [2.45, 2.75) is 50.8 Å². The van der Waals surface area contributed by atoms with E-state index in [-0.39, 0.29) is 17.2 Å². The van der Waals surface area contributed by atoms with Crippen molar-refractivity contribution >= 4 is 28.3 Å². The fourth-order valence-electron chi connectivity index (χ4n) is 5.40. The number of ether oxygens (including phenoxy) is 1. The van der Waals surface area contributed by atoms with Gasteiger partial charge in [0.05, 0.1) is 17.5 Å². The van der Waals surface area contributed by atoms with Crippen molar-refractivity contribution < 1.29 is 32.3 Å². The Balaban J connectivity index is 1.35. The molecule has 196 valence electrons. The number of hydrogen-bond acceptors (Lipinski definition) is 6. The van der Waals surface area contributed by atoms with Crippen LogP contribution in [0.2, 0.25) is 0 Å². The first-order valence-electron chi connectivity index (χ1n) is 12.0. The molecule has 3 aromatic rings. The molecule has 0 bridgehead atoms. The number of rotatable bonds is 3. The number of amides is 1. The lowest BCUT2D eigenvalue weighted by Gasteiger charge is -2.33. The van der Waals surface area contributed by atoms with Crippen LogP contribution in [0.3, 0.4) is 0 Å². The summed E-state index contributed by atoms with van der Waals surface area (Å²) in [6.45, 7) is 0.669. The highest BCUT2D eigenvalue weighted by atomic mass is 19.4. The predicted molar refractivity (Wildman–Crippen MR) is 127 cm³/mol. The summed E-state index contributed by atoms with van der Waals surface area (Å²) in [5.74, 6) is -1.45. The number of alkyl halides is 3. The molecule has 1 aliphatic heterocycles. The van der Waals surface area contributed by atoms with Gasteiger partial charge in [-0.1, -0.05) is 5.16 Å². The van der Waals surface area contributed by atoms with E-state index in [1.807, 2.05) is 0 Å². The Morgan fingerprint density at radius 1 is 1.19 bits per heavy atom. The molecule has 3 heterocycles. The Labute approximate surface area is 209 Å². The Morgan fingerprint density at radius 3 is 2.59 bits per heavy atom. The first kappa shape index (κ1) is 24.8. The van der Waals surface area contributed by atoms with Crippen LogP contribution in [0.4, 0.5) is 23.2 Å².